The summed E-state index contributed by atoms with van der Waals surface area (Å²) >= 11 is 0. The van der Waals surface area contributed by atoms with Gasteiger partial charge in [-0.1, -0.05) is 30.3 Å². The van der Waals surface area contributed by atoms with E-state index in [-0.39, 0.29) is 30.0 Å². The monoisotopic (exact) mass is 544 g/mol. The van der Waals surface area contributed by atoms with Crippen molar-refractivity contribution in [1.29, 1.82) is 0 Å². The summed E-state index contributed by atoms with van der Waals surface area (Å²) < 4.78 is 23.1. The van der Waals surface area contributed by atoms with Gasteiger partial charge in [0, 0.05) is 38.1 Å². The number of nitrogens with one attached hydrogen (secondary N) is 2. The molecule has 0 aliphatic heterocycles. The minimum Gasteiger partial charge on any atom is -0.370 e. The first-order chi connectivity index (χ1) is 13.8. The third kappa shape index (κ3) is 8.51. The van der Waals surface area contributed by atoms with Gasteiger partial charge in [0.1, 0.15) is 0 Å². The predicted molar refractivity (Wildman–Crippen MR) is 137 cm³/mol. The van der Waals surface area contributed by atoms with E-state index in [4.69, 9.17) is 4.99 Å². The van der Waals surface area contributed by atoms with Crippen molar-refractivity contribution in [3.8, 4) is 0 Å². The Labute approximate surface area is 198 Å². The Morgan fingerprint density at radius 3 is 2.27 bits per heavy atom. The molecule has 0 amide bonds. The second-order valence-corrected chi connectivity index (χ2v) is 9.12. The molecule has 2 aromatic carbocycles. The van der Waals surface area contributed by atoms with Crippen LogP contribution in [0.3, 0.4) is 0 Å². The van der Waals surface area contributed by atoms with Gasteiger partial charge in [-0.2, -0.15) is 0 Å². The number of nitrogens with zero attached hydrogens (tertiary/aromatic N) is 2. The summed E-state index contributed by atoms with van der Waals surface area (Å²) in [6.07, 6.45) is 2.01. The quantitative estimate of drug-likeness (QED) is 0.288. The molecule has 0 spiro atoms. The maximum atomic E-state index is 11.5. The number of sulfone groups is 1. The van der Waals surface area contributed by atoms with Crippen LogP contribution < -0.4 is 15.5 Å². The first-order valence-electron chi connectivity index (χ1n) is 9.90. The summed E-state index contributed by atoms with van der Waals surface area (Å²) in [6.45, 7) is 6.37. The Balaban J connectivity index is 0.00000450. The summed E-state index contributed by atoms with van der Waals surface area (Å²) in [5, 5.41) is 6.62. The van der Waals surface area contributed by atoms with Crippen molar-refractivity contribution in [2.75, 3.05) is 37.8 Å². The lowest BCUT2D eigenvalue weighted by Gasteiger charge is -2.26. The van der Waals surface area contributed by atoms with E-state index in [0.717, 1.165) is 24.5 Å². The van der Waals surface area contributed by atoms with Crippen molar-refractivity contribution in [2.45, 2.75) is 31.2 Å². The van der Waals surface area contributed by atoms with E-state index < -0.39 is 9.84 Å². The molecule has 0 bridgehead atoms. The van der Waals surface area contributed by atoms with E-state index >= 15 is 0 Å². The number of aliphatic imine (C=N–C) groups is 1. The number of halogens is 1. The van der Waals surface area contributed by atoms with Gasteiger partial charge in [0.25, 0.3) is 0 Å². The fourth-order valence-corrected chi connectivity index (χ4v) is 3.46. The van der Waals surface area contributed by atoms with Crippen LogP contribution in [0.2, 0.25) is 0 Å². The van der Waals surface area contributed by atoms with Crippen molar-refractivity contribution >= 4 is 45.5 Å². The molecule has 0 radical (unpaired) electrons. The molecule has 0 saturated heterocycles. The lowest BCUT2D eigenvalue weighted by Crippen LogP contribution is -2.40. The largest absolute Gasteiger partial charge is 0.370 e. The summed E-state index contributed by atoms with van der Waals surface area (Å²) in [5.74, 6) is 0.786. The fraction of sp³-hybridized carbons (Fsp3) is 0.409. The Hall–Kier alpha value is -1.81. The minimum atomic E-state index is -3.15. The Bertz CT molecular complexity index is 887. The van der Waals surface area contributed by atoms with Crippen molar-refractivity contribution in [2.24, 2.45) is 4.99 Å². The normalized spacial score (nSPS) is 12.6. The van der Waals surface area contributed by atoms with E-state index in [9.17, 15) is 8.42 Å². The molecule has 1 atom stereocenters. The van der Waals surface area contributed by atoms with Crippen LogP contribution in [-0.2, 0) is 16.3 Å². The number of hydrogen-bond donors (Lipinski definition) is 2. The van der Waals surface area contributed by atoms with Crippen LogP contribution >= 0.6 is 24.0 Å². The topological polar surface area (TPSA) is 73.8 Å². The molecule has 0 aromatic heterocycles. The van der Waals surface area contributed by atoms with Gasteiger partial charge in [-0.3, -0.25) is 4.99 Å². The number of anilines is 1. The molecular weight excluding hydrogens is 511 g/mol. The van der Waals surface area contributed by atoms with Gasteiger partial charge in [-0.15, -0.1) is 24.0 Å². The summed E-state index contributed by atoms with van der Waals surface area (Å²) in [5.41, 5.74) is 2.25. The van der Waals surface area contributed by atoms with Gasteiger partial charge in [-0.05, 0) is 50.1 Å². The summed E-state index contributed by atoms with van der Waals surface area (Å²) in [6, 6.07) is 17.6. The Morgan fingerprint density at radius 1 is 1.07 bits per heavy atom. The van der Waals surface area contributed by atoms with Gasteiger partial charge in [0.2, 0.25) is 0 Å². The summed E-state index contributed by atoms with van der Waals surface area (Å²) in [4.78, 5) is 7.28. The molecule has 0 heterocycles. The summed E-state index contributed by atoms with van der Waals surface area (Å²) in [7, 11) is -1.07. The van der Waals surface area contributed by atoms with E-state index in [1.807, 2.05) is 37.3 Å². The van der Waals surface area contributed by atoms with Crippen LogP contribution in [0.1, 0.15) is 19.4 Å². The first-order valence-corrected chi connectivity index (χ1v) is 11.8. The lowest BCUT2D eigenvalue weighted by molar-refractivity contribution is 0.602. The van der Waals surface area contributed by atoms with Gasteiger partial charge >= 0.3 is 0 Å². The molecule has 166 valence electrons. The molecule has 2 rings (SSSR count). The first kappa shape index (κ1) is 26.2. The van der Waals surface area contributed by atoms with Crippen molar-refractivity contribution in [3.63, 3.8) is 0 Å². The number of benzene rings is 2. The zero-order valence-electron chi connectivity index (χ0n) is 18.1. The highest BCUT2D eigenvalue weighted by molar-refractivity contribution is 14.0. The molecule has 0 fully saturated rings. The van der Waals surface area contributed by atoms with E-state index in [1.165, 1.54) is 11.9 Å². The van der Waals surface area contributed by atoms with Gasteiger partial charge in [-0.25, -0.2) is 8.42 Å². The number of guanidine groups is 1. The smallest absolute Gasteiger partial charge is 0.191 e. The van der Waals surface area contributed by atoms with Gasteiger partial charge in [0.15, 0.2) is 15.8 Å². The van der Waals surface area contributed by atoms with Gasteiger partial charge in [0.05, 0.1) is 11.4 Å². The standard InChI is InChI=1S/C22H32N4O2S.HI/c1-5-23-22(25-17-18(2)26(3)20-9-7-6-8-10-20)24-16-15-19-11-13-21(14-12-19)29(4,27)28;/h6-14,18H,5,15-17H2,1-4H3,(H2,23,24,25);1H. The number of para-hydroxylation sites is 1. The third-order valence-electron chi connectivity index (χ3n) is 4.74. The van der Waals surface area contributed by atoms with Crippen molar-refractivity contribution < 1.29 is 8.42 Å². The second-order valence-electron chi connectivity index (χ2n) is 7.11. The maximum Gasteiger partial charge on any atom is 0.191 e. The van der Waals surface area contributed by atoms with Crippen LogP contribution in [0.25, 0.3) is 0 Å². The predicted octanol–water partition coefficient (Wildman–Crippen LogP) is 3.33. The van der Waals surface area contributed by atoms with Crippen LogP contribution in [0, 0.1) is 0 Å². The highest BCUT2D eigenvalue weighted by Crippen LogP contribution is 2.14. The molecule has 6 nitrogen and oxygen atoms in total. The Kier molecular flexibility index (Phi) is 11.2. The van der Waals surface area contributed by atoms with E-state index in [1.54, 1.807) is 12.1 Å². The van der Waals surface area contributed by atoms with Crippen LogP contribution in [0.4, 0.5) is 5.69 Å². The van der Waals surface area contributed by atoms with Crippen molar-refractivity contribution in [1.82, 2.24) is 10.6 Å². The van der Waals surface area contributed by atoms with Crippen LogP contribution in [-0.4, -0.2) is 53.4 Å². The number of hydrogen-bond acceptors (Lipinski definition) is 4. The molecule has 2 N–H and O–H groups in total. The molecule has 8 heteroatoms. The maximum absolute atomic E-state index is 11.5. The zero-order valence-corrected chi connectivity index (χ0v) is 21.3. The van der Waals surface area contributed by atoms with E-state index in [0.29, 0.717) is 18.0 Å². The average Bonchev–Trinajstić information content (AvgIpc) is 2.71. The minimum absolute atomic E-state index is 0. The lowest BCUT2D eigenvalue weighted by atomic mass is 10.1. The molecule has 0 aliphatic rings. The molecule has 30 heavy (non-hydrogen) atoms. The second kappa shape index (κ2) is 12.8. The van der Waals surface area contributed by atoms with Crippen LogP contribution in [0.15, 0.2) is 64.5 Å². The van der Waals surface area contributed by atoms with E-state index in [2.05, 4.69) is 41.6 Å². The molecular formula is C22H33IN4O2S. The Morgan fingerprint density at radius 2 is 1.70 bits per heavy atom. The number of rotatable bonds is 9. The SMILES string of the molecule is CCNC(=NCC(C)N(C)c1ccccc1)NCCc1ccc(S(C)(=O)=O)cc1.I. The number of likely N-dealkylation sites (N-methyl/N-ethyl adjacent to an activating group) is 1. The molecule has 1 unspecified atom stereocenters. The molecule has 0 saturated carbocycles. The third-order valence-corrected chi connectivity index (χ3v) is 5.87. The molecule has 2 aromatic rings. The highest BCUT2D eigenvalue weighted by Gasteiger charge is 2.10. The zero-order chi connectivity index (χ0) is 21.3. The average molecular weight is 545 g/mol. The van der Waals surface area contributed by atoms with Crippen molar-refractivity contribution in [3.05, 3.63) is 60.2 Å². The fourth-order valence-electron chi connectivity index (χ4n) is 2.83. The van der Waals surface area contributed by atoms with Crippen LogP contribution in [0.5, 0.6) is 0 Å². The van der Waals surface area contributed by atoms with Gasteiger partial charge < -0.3 is 15.5 Å². The molecule has 0 aliphatic carbocycles. The highest BCUT2D eigenvalue weighted by atomic mass is 127.